The summed E-state index contributed by atoms with van der Waals surface area (Å²) in [5.74, 6) is 0.216. The van der Waals surface area contributed by atoms with Gasteiger partial charge in [0.2, 0.25) is 0 Å². The van der Waals surface area contributed by atoms with Crippen molar-refractivity contribution in [3.8, 4) is 0 Å². The highest BCUT2D eigenvalue weighted by Crippen LogP contribution is 2.54. The SMILES string of the molecule is COC1C(COP(O)(=S)OC2CC(CCP(=O)(O)O)OC2n2cnc3c(N)ncnc32)OC(n2cnc3c(N)ncnc32)C1OP(O)(=S)OCC1OC(n2cnc3c(N)ncnc32)C(O)C1O. The molecule has 13 unspecified atom stereocenters. The van der Waals surface area contributed by atoms with Gasteiger partial charge in [-0.15, -0.1) is 0 Å². The van der Waals surface area contributed by atoms with Crippen molar-refractivity contribution in [3.05, 3.63) is 38.0 Å². The number of imidazole rings is 3. The van der Waals surface area contributed by atoms with Gasteiger partial charge in [-0.25, -0.2) is 44.9 Å². The van der Waals surface area contributed by atoms with E-state index in [1.807, 2.05) is 0 Å². The molecule has 0 aromatic carbocycles. The maximum absolute atomic E-state index is 11.7. The minimum absolute atomic E-state index is 0.0126. The van der Waals surface area contributed by atoms with Gasteiger partial charge >= 0.3 is 21.0 Å². The van der Waals surface area contributed by atoms with E-state index in [9.17, 15) is 34.4 Å². The van der Waals surface area contributed by atoms with Crippen molar-refractivity contribution < 1.29 is 71.4 Å². The second-order valence-electron chi connectivity index (χ2n) is 15.4. The molecule has 0 radical (unpaired) electrons. The first-order valence-corrected chi connectivity index (χ1v) is 26.8. The molecule has 3 fully saturated rings. The number of methoxy groups -OCH3 is 1. The van der Waals surface area contributed by atoms with Crippen LogP contribution in [0.1, 0.15) is 31.5 Å². The van der Waals surface area contributed by atoms with Crippen LogP contribution in [0.5, 0.6) is 0 Å². The zero-order valence-electron chi connectivity index (χ0n) is 34.5. The number of anilines is 3. The Balaban J connectivity index is 0.922. The van der Waals surface area contributed by atoms with Gasteiger partial charge in [-0.2, -0.15) is 0 Å². The van der Waals surface area contributed by atoms with Crippen molar-refractivity contribution in [2.45, 2.75) is 80.4 Å². The Labute approximate surface area is 386 Å². The monoisotopic (exact) mass is 1030 g/mol. The van der Waals surface area contributed by atoms with Gasteiger partial charge in [0, 0.05) is 13.5 Å². The van der Waals surface area contributed by atoms with Crippen LogP contribution >= 0.6 is 21.0 Å². The minimum Gasteiger partial charge on any atom is -0.387 e. The summed E-state index contributed by atoms with van der Waals surface area (Å²) in [6.45, 7) is -9.71. The fourth-order valence-electron chi connectivity index (χ4n) is 8.00. The molecule has 3 aliphatic rings. The Morgan fingerprint density at radius 1 is 0.657 bits per heavy atom. The van der Waals surface area contributed by atoms with E-state index in [-0.39, 0.29) is 63.8 Å². The first kappa shape index (κ1) is 48.1. The first-order chi connectivity index (χ1) is 31.8. The molecule has 3 aliphatic heterocycles. The van der Waals surface area contributed by atoms with Crippen LogP contribution in [-0.2, 0) is 65.2 Å². The number of fused-ring (bicyclic) bond motifs is 3. The Hall–Kier alpha value is -3.98. The van der Waals surface area contributed by atoms with Gasteiger partial charge < -0.3 is 79.5 Å². The summed E-state index contributed by atoms with van der Waals surface area (Å²) in [6.07, 6.45) is -6.26. The van der Waals surface area contributed by atoms with Crippen LogP contribution in [0.15, 0.2) is 38.0 Å². The predicted octanol–water partition coefficient (Wildman–Crippen LogP) is -1.12. The van der Waals surface area contributed by atoms with E-state index in [0.29, 0.717) is 0 Å². The highest BCUT2D eigenvalue weighted by atomic mass is 32.5. The van der Waals surface area contributed by atoms with Gasteiger partial charge in [0.25, 0.3) is 0 Å². The maximum Gasteiger partial charge on any atom is 0.325 e. The van der Waals surface area contributed by atoms with E-state index in [1.165, 1.54) is 58.8 Å². The van der Waals surface area contributed by atoms with Crippen LogP contribution in [0.3, 0.4) is 0 Å². The summed E-state index contributed by atoms with van der Waals surface area (Å²) in [5, 5.41) is 21.9. The molecule has 0 spiro atoms. The van der Waals surface area contributed by atoms with Crippen LogP contribution in [0.25, 0.3) is 33.5 Å². The number of aromatic nitrogens is 12. The second-order valence-corrected chi connectivity index (χ2v) is 22.7. The summed E-state index contributed by atoms with van der Waals surface area (Å²) < 4.78 is 64.1. The predicted molar refractivity (Wildman–Crippen MR) is 235 cm³/mol. The third-order valence-corrected chi connectivity index (χ3v) is 15.1. The minimum atomic E-state index is -4.41. The van der Waals surface area contributed by atoms with E-state index >= 15 is 0 Å². The standard InChI is InChI=1S/C32H42N15O15P3S2/c1-55-22-16(6-57-64(53,66)61-14-4-13(2-3-63(50,51)52)58-30(14)45-10-42-17-24(33)36-7-39-27(17)45)60-32(47-12-44-19-26(35)38-9-41-29(19)47)23(22)62-65(54,67)56-5-15-20(48)21(49)31(59-15)46-11-43-18-25(34)37-8-40-28(18)46/h7-16,20-23,30-32,48-49H,2-6H2,1H3,(H,53,66)(H,54,67)(H2,33,36,39)(H2,34,37,40)(H2,35,38,41)(H2,50,51,52). The van der Waals surface area contributed by atoms with Crippen LogP contribution in [0.4, 0.5) is 17.5 Å². The highest BCUT2D eigenvalue weighted by molar-refractivity contribution is 8.07. The van der Waals surface area contributed by atoms with Crippen molar-refractivity contribution in [3.63, 3.8) is 0 Å². The normalized spacial score (nSPS) is 29.9. The van der Waals surface area contributed by atoms with E-state index < -0.39 is 108 Å². The Morgan fingerprint density at radius 3 is 1.66 bits per heavy atom. The zero-order valence-corrected chi connectivity index (χ0v) is 38.8. The number of nitrogen functional groups attached to an aromatic ring is 3. The largest absolute Gasteiger partial charge is 0.387 e. The number of nitrogens with two attached hydrogens (primary N) is 3. The average molecular weight is 1030 g/mol. The molecular formula is C32H42N15O15P3S2. The molecule has 12 N–H and O–H groups in total. The zero-order chi connectivity index (χ0) is 47.6. The van der Waals surface area contributed by atoms with E-state index in [1.54, 1.807) is 0 Å². The lowest BCUT2D eigenvalue weighted by molar-refractivity contribution is -0.0583. The third-order valence-electron chi connectivity index (χ3n) is 11.1. The number of hydrogen-bond acceptors (Lipinski definition) is 25. The fourth-order valence-corrected chi connectivity index (χ4v) is 11.5. The first-order valence-electron chi connectivity index (χ1n) is 19.8. The Bertz CT molecular complexity index is 2930. The molecular weight excluding hydrogens is 991 g/mol. The molecule has 6 aromatic rings. The van der Waals surface area contributed by atoms with Crippen LogP contribution in [0, 0.1) is 0 Å². The van der Waals surface area contributed by atoms with E-state index in [0.717, 1.165) is 0 Å². The lowest BCUT2D eigenvalue weighted by Crippen LogP contribution is -2.37. The van der Waals surface area contributed by atoms with Gasteiger partial charge in [-0.3, -0.25) is 22.8 Å². The van der Waals surface area contributed by atoms with Crippen molar-refractivity contribution >= 4 is 95.6 Å². The van der Waals surface area contributed by atoms with Crippen LogP contribution in [-0.4, -0.2) is 164 Å². The number of rotatable bonds is 17. The third kappa shape index (κ3) is 9.80. The molecule has 9 heterocycles. The number of nitrogens with zero attached hydrogens (tertiary/aromatic N) is 12. The van der Waals surface area contributed by atoms with Crippen molar-refractivity contribution in [2.75, 3.05) is 43.7 Å². The smallest absolute Gasteiger partial charge is 0.325 e. The number of ether oxygens (including phenoxy) is 4. The van der Waals surface area contributed by atoms with Gasteiger partial charge in [0.1, 0.15) is 78.3 Å². The molecule has 6 aromatic heterocycles. The van der Waals surface area contributed by atoms with E-state index in [2.05, 4.69) is 44.9 Å². The molecule has 3 saturated heterocycles. The molecule has 67 heavy (non-hydrogen) atoms. The summed E-state index contributed by atoms with van der Waals surface area (Å²) in [6, 6.07) is 0. The van der Waals surface area contributed by atoms with Crippen LogP contribution in [0.2, 0.25) is 0 Å². The topological polar surface area (TPSA) is 421 Å². The molecule has 35 heteroatoms. The number of aliphatic hydroxyl groups is 2. The lowest BCUT2D eigenvalue weighted by atomic mass is 10.1. The van der Waals surface area contributed by atoms with Gasteiger partial charge in [-0.05, 0) is 30.0 Å². The average Bonchev–Trinajstić information content (AvgIpc) is 4.13. The lowest BCUT2D eigenvalue weighted by Gasteiger charge is -2.28. The van der Waals surface area contributed by atoms with Gasteiger partial charge in [0.15, 0.2) is 53.1 Å². The summed E-state index contributed by atoms with van der Waals surface area (Å²) in [7, 11) is -3.10. The van der Waals surface area contributed by atoms with E-state index in [4.69, 9.17) is 77.9 Å². The molecule has 362 valence electrons. The Kier molecular flexibility index (Phi) is 13.4. The molecule has 9 rings (SSSR count). The maximum atomic E-state index is 11.7. The van der Waals surface area contributed by atoms with Crippen LogP contribution < -0.4 is 17.2 Å². The van der Waals surface area contributed by atoms with Gasteiger partial charge in [-0.1, -0.05) is 0 Å². The second kappa shape index (κ2) is 18.7. The molecule has 0 bridgehead atoms. The summed E-state index contributed by atoms with van der Waals surface area (Å²) in [4.78, 5) is 79.5. The number of hydrogen-bond donors (Lipinski definition) is 9. The number of aliphatic hydroxyl groups excluding tert-OH is 2. The quantitative estimate of drug-likeness (QED) is 0.0488. The summed E-state index contributed by atoms with van der Waals surface area (Å²) in [5.41, 5.74) is 19.3. The Morgan fingerprint density at radius 2 is 1.13 bits per heavy atom. The van der Waals surface area contributed by atoms with Crippen molar-refractivity contribution in [2.24, 2.45) is 0 Å². The molecule has 0 saturated carbocycles. The molecule has 0 amide bonds. The summed E-state index contributed by atoms with van der Waals surface area (Å²) >= 11 is 10.9. The molecule has 30 nitrogen and oxygen atoms in total. The fraction of sp³-hybridized carbons (Fsp3) is 0.531. The highest BCUT2D eigenvalue weighted by Gasteiger charge is 2.52. The molecule has 13 atom stereocenters. The van der Waals surface area contributed by atoms with Crippen molar-refractivity contribution in [1.29, 1.82) is 0 Å². The molecule has 0 aliphatic carbocycles. The van der Waals surface area contributed by atoms with Crippen molar-refractivity contribution in [1.82, 2.24) is 58.6 Å². The van der Waals surface area contributed by atoms with Gasteiger partial charge in [0.05, 0.1) is 44.5 Å².